The van der Waals surface area contributed by atoms with Crippen molar-refractivity contribution in [2.75, 3.05) is 25.3 Å². The third-order valence-electron chi connectivity index (χ3n) is 4.23. The van der Waals surface area contributed by atoms with Gasteiger partial charge in [0, 0.05) is 22.3 Å². The van der Waals surface area contributed by atoms with Gasteiger partial charge in [0.05, 0.1) is 25.5 Å². The fraction of sp³-hybridized carbons (Fsp3) is 0.227. The molecule has 3 aromatic rings. The number of thiazole rings is 1. The first-order valence-electron chi connectivity index (χ1n) is 9.30. The minimum atomic E-state index is -0.377. The van der Waals surface area contributed by atoms with Gasteiger partial charge >= 0.3 is 5.97 Å². The fourth-order valence-electron chi connectivity index (χ4n) is 2.64. The maximum Gasteiger partial charge on any atom is 0.337 e. The average Bonchev–Trinajstić information content (AvgIpc) is 3.25. The Morgan fingerprint density at radius 3 is 2.47 bits per heavy atom. The summed E-state index contributed by atoms with van der Waals surface area (Å²) in [6.45, 7) is 0. The Hall–Kier alpha value is -2.84. The zero-order valence-corrected chi connectivity index (χ0v) is 18.3. The Kier molecular flexibility index (Phi) is 7.87. The van der Waals surface area contributed by atoms with Crippen molar-refractivity contribution in [3.63, 3.8) is 0 Å². The van der Waals surface area contributed by atoms with Gasteiger partial charge in [-0.3, -0.25) is 4.79 Å². The topological polar surface area (TPSA) is 77.5 Å². The highest BCUT2D eigenvalue weighted by Crippen LogP contribution is 2.26. The van der Waals surface area contributed by atoms with E-state index < -0.39 is 0 Å². The van der Waals surface area contributed by atoms with Crippen LogP contribution < -0.4 is 10.1 Å². The number of aromatic nitrogens is 1. The molecule has 6 nitrogen and oxygen atoms in total. The summed E-state index contributed by atoms with van der Waals surface area (Å²) in [5.41, 5.74) is 2.11. The standard InChI is InChI=1S/C22H22N2O4S2/c1-27-17-9-11-18(12-10-17)29-13-3-4-20(25)24-22-23-19(14-30-22)15-5-7-16(8-6-15)21(26)28-2/h5-12,14H,3-4,13H2,1-2H3,(H,23,24,25). The highest BCUT2D eigenvalue weighted by Gasteiger charge is 2.10. The van der Waals surface area contributed by atoms with E-state index in [2.05, 4.69) is 10.3 Å². The first-order valence-corrected chi connectivity index (χ1v) is 11.2. The van der Waals surface area contributed by atoms with Gasteiger partial charge in [0.25, 0.3) is 0 Å². The van der Waals surface area contributed by atoms with E-state index in [1.807, 2.05) is 41.8 Å². The van der Waals surface area contributed by atoms with E-state index in [0.717, 1.165) is 34.1 Å². The van der Waals surface area contributed by atoms with E-state index in [4.69, 9.17) is 9.47 Å². The molecule has 2 aromatic carbocycles. The normalized spacial score (nSPS) is 10.5. The molecule has 156 valence electrons. The molecule has 0 radical (unpaired) electrons. The Morgan fingerprint density at radius 1 is 1.07 bits per heavy atom. The third-order valence-corrected chi connectivity index (χ3v) is 6.08. The SMILES string of the molecule is COC(=O)c1ccc(-c2csc(NC(=O)CCCSc3ccc(OC)cc3)n2)cc1. The number of esters is 1. The van der Waals surface area contributed by atoms with Gasteiger partial charge in [-0.25, -0.2) is 9.78 Å². The Morgan fingerprint density at radius 2 is 1.80 bits per heavy atom. The average molecular weight is 443 g/mol. The predicted octanol–water partition coefficient (Wildman–Crippen LogP) is 5.12. The fourth-order valence-corrected chi connectivity index (χ4v) is 4.22. The van der Waals surface area contributed by atoms with Crippen molar-refractivity contribution in [2.24, 2.45) is 0 Å². The Bertz CT molecular complexity index is 985. The molecular formula is C22H22N2O4S2. The molecule has 0 fully saturated rings. The molecule has 8 heteroatoms. The summed E-state index contributed by atoms with van der Waals surface area (Å²) in [7, 11) is 3.00. The minimum absolute atomic E-state index is 0.0488. The second kappa shape index (κ2) is 10.8. The van der Waals surface area contributed by atoms with Gasteiger partial charge in [-0.05, 0) is 48.6 Å². The number of carbonyl (C=O) groups excluding carboxylic acids is 2. The first-order chi connectivity index (χ1) is 14.6. The van der Waals surface area contributed by atoms with Crippen LogP contribution in [0.5, 0.6) is 5.75 Å². The number of rotatable bonds is 9. The van der Waals surface area contributed by atoms with Gasteiger partial charge in [-0.1, -0.05) is 12.1 Å². The highest BCUT2D eigenvalue weighted by molar-refractivity contribution is 7.99. The zero-order chi connectivity index (χ0) is 21.3. The van der Waals surface area contributed by atoms with Crippen molar-refractivity contribution in [1.29, 1.82) is 0 Å². The number of benzene rings is 2. The van der Waals surface area contributed by atoms with E-state index >= 15 is 0 Å². The first kappa shape index (κ1) is 21.9. The lowest BCUT2D eigenvalue weighted by atomic mass is 10.1. The van der Waals surface area contributed by atoms with E-state index in [1.165, 1.54) is 18.4 Å². The van der Waals surface area contributed by atoms with Crippen molar-refractivity contribution in [2.45, 2.75) is 17.7 Å². The molecule has 30 heavy (non-hydrogen) atoms. The Balaban J connectivity index is 1.44. The van der Waals surface area contributed by atoms with E-state index in [-0.39, 0.29) is 11.9 Å². The van der Waals surface area contributed by atoms with Crippen molar-refractivity contribution < 1.29 is 19.1 Å². The van der Waals surface area contributed by atoms with Crippen molar-refractivity contribution in [3.8, 4) is 17.0 Å². The largest absolute Gasteiger partial charge is 0.497 e. The number of anilines is 1. The molecule has 0 aliphatic rings. The Labute approximate surface area is 183 Å². The number of nitrogens with one attached hydrogen (secondary N) is 1. The summed E-state index contributed by atoms with van der Waals surface area (Å²) in [5, 5.41) is 5.30. The number of amides is 1. The summed E-state index contributed by atoms with van der Waals surface area (Å²) in [6, 6.07) is 14.9. The molecule has 0 unspecified atom stereocenters. The van der Waals surface area contributed by atoms with Crippen LogP contribution in [0, 0.1) is 0 Å². The summed E-state index contributed by atoms with van der Waals surface area (Å²) < 4.78 is 9.84. The van der Waals surface area contributed by atoms with Crippen LogP contribution >= 0.6 is 23.1 Å². The summed E-state index contributed by atoms with van der Waals surface area (Å²) in [6.07, 6.45) is 1.21. The number of hydrogen-bond acceptors (Lipinski definition) is 7. The molecule has 0 saturated heterocycles. The minimum Gasteiger partial charge on any atom is -0.497 e. The molecule has 1 aromatic heterocycles. The number of hydrogen-bond donors (Lipinski definition) is 1. The van der Waals surface area contributed by atoms with Crippen LogP contribution in [0.2, 0.25) is 0 Å². The number of methoxy groups -OCH3 is 2. The molecule has 0 saturated carbocycles. The van der Waals surface area contributed by atoms with E-state index in [1.54, 1.807) is 31.0 Å². The summed E-state index contributed by atoms with van der Waals surface area (Å²) >= 11 is 3.09. The molecule has 1 amide bonds. The van der Waals surface area contributed by atoms with Gasteiger partial charge in [0.15, 0.2) is 5.13 Å². The van der Waals surface area contributed by atoms with Crippen LogP contribution in [0.4, 0.5) is 5.13 Å². The second-order valence-corrected chi connectivity index (χ2v) is 8.31. The second-order valence-electron chi connectivity index (χ2n) is 6.28. The van der Waals surface area contributed by atoms with Crippen LogP contribution in [-0.2, 0) is 9.53 Å². The van der Waals surface area contributed by atoms with E-state index in [9.17, 15) is 9.59 Å². The molecule has 0 atom stereocenters. The molecule has 0 spiro atoms. The molecular weight excluding hydrogens is 420 g/mol. The molecule has 0 aliphatic heterocycles. The predicted molar refractivity (Wildman–Crippen MR) is 120 cm³/mol. The molecule has 1 N–H and O–H groups in total. The maximum absolute atomic E-state index is 12.2. The summed E-state index contributed by atoms with van der Waals surface area (Å²) in [5.74, 6) is 1.27. The molecule has 0 aliphatic carbocycles. The van der Waals surface area contributed by atoms with E-state index in [0.29, 0.717) is 17.1 Å². The van der Waals surface area contributed by atoms with Gasteiger partial charge in [-0.15, -0.1) is 23.1 Å². The third kappa shape index (κ3) is 6.08. The van der Waals surface area contributed by atoms with Crippen LogP contribution in [0.1, 0.15) is 23.2 Å². The lowest BCUT2D eigenvalue weighted by Crippen LogP contribution is -2.11. The number of carbonyl (C=O) groups is 2. The van der Waals surface area contributed by atoms with Gasteiger partial charge in [0.2, 0.25) is 5.91 Å². The highest BCUT2D eigenvalue weighted by atomic mass is 32.2. The van der Waals surface area contributed by atoms with Crippen LogP contribution in [0.3, 0.4) is 0 Å². The molecule has 3 rings (SSSR count). The number of thioether (sulfide) groups is 1. The summed E-state index contributed by atoms with van der Waals surface area (Å²) in [4.78, 5) is 29.3. The van der Waals surface area contributed by atoms with Crippen LogP contribution in [0.25, 0.3) is 11.3 Å². The lowest BCUT2D eigenvalue weighted by molar-refractivity contribution is -0.116. The van der Waals surface area contributed by atoms with Crippen LogP contribution in [-0.4, -0.2) is 36.8 Å². The molecule has 1 heterocycles. The zero-order valence-electron chi connectivity index (χ0n) is 16.7. The molecule has 0 bridgehead atoms. The van der Waals surface area contributed by atoms with Gasteiger partial charge < -0.3 is 14.8 Å². The van der Waals surface area contributed by atoms with Crippen LogP contribution in [0.15, 0.2) is 58.8 Å². The van der Waals surface area contributed by atoms with Gasteiger partial charge in [-0.2, -0.15) is 0 Å². The number of nitrogens with zero attached hydrogens (tertiary/aromatic N) is 1. The quantitative estimate of drug-likeness (QED) is 0.282. The lowest BCUT2D eigenvalue weighted by Gasteiger charge is -2.04. The van der Waals surface area contributed by atoms with Crippen molar-refractivity contribution in [1.82, 2.24) is 4.98 Å². The maximum atomic E-state index is 12.2. The smallest absolute Gasteiger partial charge is 0.337 e. The monoisotopic (exact) mass is 442 g/mol. The van der Waals surface area contributed by atoms with Gasteiger partial charge in [0.1, 0.15) is 5.75 Å². The van der Waals surface area contributed by atoms with Crippen molar-refractivity contribution >= 4 is 40.1 Å². The number of ether oxygens (including phenoxy) is 2. The van der Waals surface area contributed by atoms with Crippen molar-refractivity contribution in [3.05, 3.63) is 59.5 Å².